The number of hydrogen-bond donors (Lipinski definition) is 0. The highest BCUT2D eigenvalue weighted by Gasteiger charge is 2.17. The molecule has 0 amide bonds. The van der Waals surface area contributed by atoms with Gasteiger partial charge in [0, 0.05) is 32.9 Å². The normalized spacial score (nSPS) is 11.8. The van der Waals surface area contributed by atoms with E-state index >= 15 is 0 Å². The van der Waals surface area contributed by atoms with Crippen LogP contribution in [-0.4, -0.2) is 9.13 Å². The summed E-state index contributed by atoms with van der Waals surface area (Å²) in [6, 6.07) is 48.6. The molecule has 0 radical (unpaired) electrons. The lowest BCUT2D eigenvalue weighted by Crippen LogP contribution is -1.95. The minimum Gasteiger partial charge on any atom is -0.309 e. The summed E-state index contributed by atoms with van der Waals surface area (Å²) in [4.78, 5) is 0. The number of nitrogens with zero attached hydrogens (tertiary/aromatic N) is 2. The Hall–Kier alpha value is -5.08. The van der Waals surface area contributed by atoms with Gasteiger partial charge in [0.15, 0.2) is 0 Å². The molecule has 0 bridgehead atoms. The van der Waals surface area contributed by atoms with Gasteiger partial charge in [-0.05, 0) is 78.6 Å². The van der Waals surface area contributed by atoms with Crippen molar-refractivity contribution in [3.8, 4) is 22.5 Å². The summed E-state index contributed by atoms with van der Waals surface area (Å²) in [5.41, 5.74) is 12.4. The van der Waals surface area contributed by atoms with Gasteiger partial charge >= 0.3 is 0 Å². The zero-order valence-corrected chi connectivity index (χ0v) is 22.6. The Balaban J connectivity index is 1.35. The number of fused-ring (bicyclic) bond motifs is 6. The van der Waals surface area contributed by atoms with Gasteiger partial charge in [0.05, 0.1) is 22.1 Å². The van der Waals surface area contributed by atoms with Crippen molar-refractivity contribution < 1.29 is 0 Å². The molecule has 0 atom stereocenters. The van der Waals surface area contributed by atoms with Gasteiger partial charge < -0.3 is 9.13 Å². The van der Waals surface area contributed by atoms with Crippen molar-refractivity contribution in [3.05, 3.63) is 145 Å². The molecule has 0 aliphatic rings. The number of aryl methyl sites for hydroxylation is 2. The fourth-order valence-corrected chi connectivity index (χ4v) is 6.55. The highest BCUT2D eigenvalue weighted by Crippen LogP contribution is 2.39. The van der Waals surface area contributed by atoms with Crippen LogP contribution in [-0.2, 0) is 0 Å². The summed E-state index contributed by atoms with van der Waals surface area (Å²) in [6.07, 6.45) is 0. The molecule has 0 aliphatic heterocycles. The second kappa shape index (κ2) is 8.72. The largest absolute Gasteiger partial charge is 0.309 e. The van der Waals surface area contributed by atoms with Crippen molar-refractivity contribution in [1.29, 1.82) is 0 Å². The van der Waals surface area contributed by atoms with Crippen LogP contribution in [0.2, 0.25) is 0 Å². The quantitative estimate of drug-likeness (QED) is 0.223. The van der Waals surface area contributed by atoms with E-state index in [4.69, 9.17) is 0 Å². The van der Waals surface area contributed by atoms with Crippen molar-refractivity contribution in [2.24, 2.45) is 0 Å². The smallest absolute Gasteiger partial charge is 0.0570 e. The monoisotopic (exact) mass is 512 g/mol. The molecule has 0 saturated carbocycles. The van der Waals surface area contributed by atoms with E-state index in [0.29, 0.717) is 0 Å². The first-order valence-electron chi connectivity index (χ1n) is 13.9. The number of para-hydroxylation sites is 3. The average Bonchev–Trinajstić information content (AvgIpc) is 3.51. The maximum Gasteiger partial charge on any atom is 0.0570 e. The standard InChI is InChI=1S/C38H28N2/c1-25-10-7-12-29(24-25)39-35-18-6-4-14-33(35)37-30(15-9-19-36(37)39)27-20-22-28(23-21-27)40-34-17-5-3-13-31(34)32-16-8-11-26(2)38(32)40/h3-24H,1-2H3. The molecule has 8 rings (SSSR count). The molecule has 0 spiro atoms. The minimum atomic E-state index is 1.18. The van der Waals surface area contributed by atoms with Gasteiger partial charge in [-0.1, -0.05) is 91.0 Å². The van der Waals surface area contributed by atoms with Crippen LogP contribution in [0.25, 0.3) is 66.1 Å². The van der Waals surface area contributed by atoms with Gasteiger partial charge in [-0.2, -0.15) is 0 Å². The molecule has 0 fully saturated rings. The van der Waals surface area contributed by atoms with E-state index in [1.807, 2.05) is 0 Å². The van der Waals surface area contributed by atoms with Gasteiger partial charge in [0.1, 0.15) is 0 Å². The van der Waals surface area contributed by atoms with Crippen LogP contribution >= 0.6 is 0 Å². The Kier molecular flexibility index (Phi) is 4.99. The van der Waals surface area contributed by atoms with Gasteiger partial charge in [-0.3, -0.25) is 0 Å². The minimum absolute atomic E-state index is 1.18. The van der Waals surface area contributed by atoms with E-state index in [2.05, 4.69) is 156 Å². The van der Waals surface area contributed by atoms with Crippen LogP contribution in [0.15, 0.2) is 133 Å². The van der Waals surface area contributed by atoms with Crippen molar-refractivity contribution >= 4 is 43.6 Å². The molecule has 0 saturated heterocycles. The van der Waals surface area contributed by atoms with Crippen LogP contribution in [0.3, 0.4) is 0 Å². The number of hydrogen-bond acceptors (Lipinski definition) is 0. The van der Waals surface area contributed by atoms with E-state index in [1.54, 1.807) is 0 Å². The van der Waals surface area contributed by atoms with E-state index in [-0.39, 0.29) is 0 Å². The Bertz CT molecular complexity index is 2230. The molecule has 2 aromatic heterocycles. The summed E-state index contributed by atoms with van der Waals surface area (Å²) in [5.74, 6) is 0. The van der Waals surface area contributed by atoms with Crippen LogP contribution in [0.1, 0.15) is 11.1 Å². The first-order valence-corrected chi connectivity index (χ1v) is 13.9. The summed E-state index contributed by atoms with van der Waals surface area (Å²) >= 11 is 0. The molecule has 2 nitrogen and oxygen atoms in total. The summed E-state index contributed by atoms with van der Waals surface area (Å²) in [5, 5.41) is 5.16. The predicted molar refractivity (Wildman–Crippen MR) is 170 cm³/mol. The molecular formula is C38H28N2. The Morgan fingerprint density at radius 1 is 0.450 bits per heavy atom. The second-order valence-corrected chi connectivity index (χ2v) is 10.8. The molecule has 0 aliphatic carbocycles. The number of aromatic nitrogens is 2. The highest BCUT2D eigenvalue weighted by atomic mass is 15.0. The lowest BCUT2D eigenvalue weighted by molar-refractivity contribution is 1.17. The van der Waals surface area contributed by atoms with Gasteiger partial charge in [0.25, 0.3) is 0 Å². The Morgan fingerprint density at radius 3 is 1.90 bits per heavy atom. The molecule has 190 valence electrons. The van der Waals surface area contributed by atoms with Gasteiger partial charge in [0.2, 0.25) is 0 Å². The highest BCUT2D eigenvalue weighted by molar-refractivity contribution is 6.16. The maximum atomic E-state index is 2.41. The number of benzene rings is 6. The molecule has 0 unspecified atom stereocenters. The fourth-order valence-electron chi connectivity index (χ4n) is 6.55. The van der Waals surface area contributed by atoms with E-state index < -0.39 is 0 Å². The third kappa shape index (κ3) is 3.29. The van der Waals surface area contributed by atoms with Crippen LogP contribution in [0, 0.1) is 13.8 Å². The summed E-state index contributed by atoms with van der Waals surface area (Å²) in [6.45, 7) is 4.36. The third-order valence-electron chi connectivity index (χ3n) is 8.29. The molecule has 2 heteroatoms. The average molecular weight is 513 g/mol. The van der Waals surface area contributed by atoms with Crippen LogP contribution in [0.4, 0.5) is 0 Å². The maximum absolute atomic E-state index is 2.41. The molecule has 40 heavy (non-hydrogen) atoms. The Morgan fingerprint density at radius 2 is 1.10 bits per heavy atom. The van der Waals surface area contributed by atoms with E-state index in [9.17, 15) is 0 Å². The third-order valence-corrected chi connectivity index (χ3v) is 8.29. The number of rotatable bonds is 3. The van der Waals surface area contributed by atoms with Crippen molar-refractivity contribution in [2.45, 2.75) is 13.8 Å². The first kappa shape index (κ1) is 22.9. The lowest BCUT2D eigenvalue weighted by atomic mass is 9.99. The predicted octanol–water partition coefficient (Wildman–Crippen LogP) is 10.2. The van der Waals surface area contributed by atoms with Crippen LogP contribution in [0.5, 0.6) is 0 Å². The second-order valence-electron chi connectivity index (χ2n) is 10.8. The lowest BCUT2D eigenvalue weighted by Gasteiger charge is -2.12. The zero-order chi connectivity index (χ0) is 26.8. The SMILES string of the molecule is Cc1cccc(-n2c3ccccc3c3c(-c4ccc(-n5c6ccccc6c6cccc(C)c65)cc4)cccc32)c1. The van der Waals surface area contributed by atoms with Crippen molar-refractivity contribution in [1.82, 2.24) is 9.13 Å². The topological polar surface area (TPSA) is 9.86 Å². The van der Waals surface area contributed by atoms with Crippen molar-refractivity contribution in [2.75, 3.05) is 0 Å². The summed E-state index contributed by atoms with van der Waals surface area (Å²) in [7, 11) is 0. The van der Waals surface area contributed by atoms with Gasteiger partial charge in [-0.25, -0.2) is 0 Å². The molecule has 6 aromatic carbocycles. The molecular weight excluding hydrogens is 484 g/mol. The van der Waals surface area contributed by atoms with Crippen molar-refractivity contribution in [3.63, 3.8) is 0 Å². The first-order chi connectivity index (χ1) is 19.7. The Labute approximate surface area is 233 Å². The summed E-state index contributed by atoms with van der Waals surface area (Å²) < 4.78 is 4.81. The fraction of sp³-hybridized carbons (Fsp3) is 0.0526. The van der Waals surface area contributed by atoms with Crippen LogP contribution < -0.4 is 0 Å². The van der Waals surface area contributed by atoms with E-state index in [1.165, 1.54) is 77.2 Å². The molecule has 2 heterocycles. The molecule has 8 aromatic rings. The van der Waals surface area contributed by atoms with E-state index in [0.717, 1.165) is 0 Å². The molecule has 0 N–H and O–H groups in total. The van der Waals surface area contributed by atoms with Gasteiger partial charge in [-0.15, -0.1) is 0 Å². The zero-order valence-electron chi connectivity index (χ0n) is 22.6.